The summed E-state index contributed by atoms with van der Waals surface area (Å²) in [5, 5.41) is 0. The molecule has 1 aliphatic heterocycles. The van der Waals surface area contributed by atoms with Gasteiger partial charge in [-0.2, -0.15) is 0 Å². The Morgan fingerprint density at radius 1 is 0.967 bits per heavy atom. The van der Waals surface area contributed by atoms with Gasteiger partial charge in [-0.05, 0) is 38.3 Å². The smallest absolute Gasteiger partial charge is 0.311 e. The third-order valence-corrected chi connectivity index (χ3v) is 4.87. The molecule has 7 heteroatoms. The number of fused-ring (bicyclic) bond motifs is 5. The van der Waals surface area contributed by atoms with Crippen LogP contribution in [0.5, 0.6) is 11.5 Å². The van der Waals surface area contributed by atoms with Gasteiger partial charge >= 0.3 is 5.97 Å². The summed E-state index contributed by atoms with van der Waals surface area (Å²) in [4.78, 5) is 39.6. The number of carbonyl (C=O) groups is 3. The molecule has 156 valence electrons. The number of anilines is 1. The van der Waals surface area contributed by atoms with Crippen molar-refractivity contribution in [2.75, 3.05) is 4.90 Å². The molecule has 0 unspecified atom stereocenters. The molecule has 1 aromatic carbocycles. The van der Waals surface area contributed by atoms with Crippen molar-refractivity contribution in [3.63, 3.8) is 0 Å². The lowest BCUT2D eigenvalue weighted by Gasteiger charge is -2.13. The highest BCUT2D eigenvalue weighted by atomic mass is 16.6. The van der Waals surface area contributed by atoms with Gasteiger partial charge in [0.05, 0.1) is 11.8 Å². The summed E-state index contributed by atoms with van der Waals surface area (Å²) in [6.07, 6.45) is 0.655. The van der Waals surface area contributed by atoms with E-state index in [1.165, 1.54) is 0 Å². The molecular weight excluding hydrogens is 386 g/mol. The summed E-state index contributed by atoms with van der Waals surface area (Å²) < 4.78 is 17.1. The van der Waals surface area contributed by atoms with Crippen molar-refractivity contribution in [1.29, 1.82) is 0 Å². The zero-order chi connectivity index (χ0) is 21.6. The van der Waals surface area contributed by atoms with Crippen molar-refractivity contribution in [1.82, 2.24) is 0 Å². The fraction of sp³-hybridized carbons (Fsp3) is 0.348. The topological polar surface area (TPSA) is 86.1 Å². The van der Waals surface area contributed by atoms with Crippen LogP contribution >= 0.6 is 0 Å². The van der Waals surface area contributed by atoms with E-state index in [0.717, 1.165) is 4.90 Å². The molecule has 0 radical (unpaired) electrons. The number of hydrogen-bond donors (Lipinski definition) is 0. The SMILES string of the molecule is CC(C)CCC(=O)Oc1c(OC(C)C)c2oc1c1c2C(=O)N(c2ccccc2)C1=O. The largest absolute Gasteiger partial charge is 0.484 e. The Kier molecular flexibility index (Phi) is 4.97. The van der Waals surface area contributed by atoms with Crippen LogP contribution in [0.25, 0.3) is 11.2 Å². The van der Waals surface area contributed by atoms with Crippen LogP contribution in [0, 0.1) is 5.92 Å². The van der Waals surface area contributed by atoms with E-state index in [1.54, 1.807) is 30.3 Å². The van der Waals surface area contributed by atoms with Gasteiger partial charge in [0.1, 0.15) is 11.1 Å². The average molecular weight is 409 g/mol. The van der Waals surface area contributed by atoms with Crippen LogP contribution in [0.3, 0.4) is 0 Å². The van der Waals surface area contributed by atoms with Gasteiger partial charge in [-0.1, -0.05) is 32.0 Å². The van der Waals surface area contributed by atoms with E-state index in [1.807, 2.05) is 27.7 Å². The summed E-state index contributed by atoms with van der Waals surface area (Å²) in [6, 6.07) is 8.66. The zero-order valence-electron chi connectivity index (χ0n) is 17.4. The molecule has 1 aliphatic rings. The van der Waals surface area contributed by atoms with Crippen molar-refractivity contribution < 1.29 is 28.3 Å². The molecule has 7 nitrogen and oxygen atoms in total. The van der Waals surface area contributed by atoms with Crippen LogP contribution in [0.2, 0.25) is 0 Å². The number of nitrogens with zero attached hydrogens (tertiary/aromatic N) is 1. The summed E-state index contributed by atoms with van der Waals surface area (Å²) in [7, 11) is 0. The fourth-order valence-electron chi connectivity index (χ4n) is 3.50. The van der Waals surface area contributed by atoms with E-state index in [-0.39, 0.29) is 46.3 Å². The number of para-hydroxylation sites is 1. The number of furan rings is 2. The number of rotatable bonds is 7. The first-order valence-corrected chi connectivity index (χ1v) is 10.0. The number of esters is 1. The number of imide groups is 1. The minimum absolute atomic E-state index is 0.0715. The first kappa shape index (κ1) is 19.9. The third kappa shape index (κ3) is 3.20. The van der Waals surface area contributed by atoms with E-state index >= 15 is 0 Å². The van der Waals surface area contributed by atoms with Crippen LogP contribution < -0.4 is 14.4 Å². The number of ether oxygens (including phenoxy) is 2. The van der Waals surface area contributed by atoms with E-state index in [2.05, 4.69) is 0 Å². The minimum atomic E-state index is -0.509. The summed E-state index contributed by atoms with van der Waals surface area (Å²) >= 11 is 0. The Bertz CT molecular complexity index is 1110. The fourth-order valence-corrected chi connectivity index (χ4v) is 3.50. The molecule has 4 rings (SSSR count). The van der Waals surface area contributed by atoms with Gasteiger partial charge < -0.3 is 13.9 Å². The Balaban J connectivity index is 1.76. The highest BCUT2D eigenvalue weighted by Crippen LogP contribution is 2.51. The molecule has 3 heterocycles. The quantitative estimate of drug-likeness (QED) is 0.316. The molecule has 0 spiro atoms. The van der Waals surface area contributed by atoms with Crippen molar-refractivity contribution in [2.24, 2.45) is 5.92 Å². The Hall–Kier alpha value is -3.35. The van der Waals surface area contributed by atoms with Gasteiger partial charge in [-0.15, -0.1) is 0 Å². The number of carbonyl (C=O) groups excluding carboxylic acids is 3. The molecule has 0 saturated heterocycles. The Morgan fingerprint density at radius 3 is 2.13 bits per heavy atom. The maximum Gasteiger partial charge on any atom is 0.311 e. The Morgan fingerprint density at radius 2 is 1.57 bits per heavy atom. The first-order valence-electron chi connectivity index (χ1n) is 10.0. The van der Waals surface area contributed by atoms with E-state index in [4.69, 9.17) is 13.9 Å². The third-order valence-electron chi connectivity index (χ3n) is 4.87. The molecule has 2 amide bonds. The lowest BCUT2D eigenvalue weighted by atomic mass is 10.1. The first-order chi connectivity index (χ1) is 14.3. The van der Waals surface area contributed by atoms with Gasteiger partial charge in [0.15, 0.2) is 11.2 Å². The molecule has 0 atom stereocenters. The summed E-state index contributed by atoms with van der Waals surface area (Å²) in [5.74, 6) is -0.826. The lowest BCUT2D eigenvalue weighted by molar-refractivity contribution is -0.134. The predicted octanol–water partition coefficient (Wildman–Crippen LogP) is 4.80. The van der Waals surface area contributed by atoms with Crippen LogP contribution in [-0.2, 0) is 4.79 Å². The van der Waals surface area contributed by atoms with Gasteiger partial charge in [0, 0.05) is 6.42 Å². The van der Waals surface area contributed by atoms with Crippen molar-refractivity contribution in [3.8, 4) is 11.5 Å². The van der Waals surface area contributed by atoms with Gasteiger partial charge in [0.25, 0.3) is 11.8 Å². The second kappa shape index (κ2) is 7.48. The van der Waals surface area contributed by atoms with Crippen LogP contribution in [0.15, 0.2) is 34.7 Å². The van der Waals surface area contributed by atoms with E-state index in [0.29, 0.717) is 18.0 Å². The average Bonchev–Trinajstić information content (AvgIpc) is 3.31. The molecule has 30 heavy (non-hydrogen) atoms. The number of hydrogen-bond acceptors (Lipinski definition) is 6. The number of benzene rings is 2. The Labute approximate surface area is 173 Å². The minimum Gasteiger partial charge on any atom is -0.484 e. The van der Waals surface area contributed by atoms with Gasteiger partial charge in [-0.25, -0.2) is 4.90 Å². The van der Waals surface area contributed by atoms with Gasteiger partial charge in [0.2, 0.25) is 11.5 Å². The molecule has 2 aromatic heterocycles. The maximum atomic E-state index is 13.1. The van der Waals surface area contributed by atoms with E-state index < -0.39 is 17.8 Å². The molecule has 0 fully saturated rings. The number of amides is 2. The van der Waals surface area contributed by atoms with Crippen molar-refractivity contribution in [2.45, 2.75) is 46.6 Å². The predicted molar refractivity (Wildman–Crippen MR) is 110 cm³/mol. The lowest BCUT2D eigenvalue weighted by Crippen LogP contribution is -2.29. The zero-order valence-corrected chi connectivity index (χ0v) is 17.4. The second-order valence-corrected chi connectivity index (χ2v) is 8.02. The maximum absolute atomic E-state index is 13.1. The molecule has 0 N–H and O–H groups in total. The van der Waals surface area contributed by atoms with E-state index in [9.17, 15) is 14.4 Å². The molecule has 0 aliphatic carbocycles. The summed E-state index contributed by atoms with van der Waals surface area (Å²) in [5.41, 5.74) is 0.935. The highest BCUT2D eigenvalue weighted by molar-refractivity contribution is 6.39. The van der Waals surface area contributed by atoms with Crippen LogP contribution in [-0.4, -0.2) is 23.9 Å². The van der Waals surface area contributed by atoms with Crippen molar-refractivity contribution >= 4 is 34.6 Å². The highest BCUT2D eigenvalue weighted by Gasteiger charge is 2.47. The summed E-state index contributed by atoms with van der Waals surface area (Å²) in [6.45, 7) is 7.66. The molecule has 0 saturated carbocycles. The molecular formula is C23H23NO6. The van der Waals surface area contributed by atoms with Crippen LogP contribution in [0.4, 0.5) is 5.69 Å². The molecule has 3 aromatic rings. The van der Waals surface area contributed by atoms with Crippen molar-refractivity contribution in [3.05, 3.63) is 41.5 Å². The normalized spacial score (nSPS) is 13.7. The molecule has 2 bridgehead atoms. The standard InChI is InChI=1S/C23H23NO6/c1-12(2)10-11-15(25)29-21-19-17-16(18(30-19)20(21)28-13(3)4)22(26)24(23(17)27)14-8-6-5-7-9-14/h5-9,12-13H,10-11H2,1-4H3. The van der Waals surface area contributed by atoms with Crippen LogP contribution in [0.1, 0.15) is 61.3 Å². The monoisotopic (exact) mass is 409 g/mol. The van der Waals surface area contributed by atoms with Gasteiger partial charge in [-0.3, -0.25) is 14.4 Å². The second-order valence-electron chi connectivity index (χ2n) is 8.02.